The molecule has 1 aliphatic rings. The molecule has 6 heteroatoms. The van der Waals surface area contributed by atoms with E-state index in [-0.39, 0.29) is 24.3 Å². The average molecular weight is 311 g/mol. The van der Waals surface area contributed by atoms with Gasteiger partial charge < -0.3 is 15.0 Å². The average Bonchev–Trinajstić information content (AvgIpc) is 3.00. The van der Waals surface area contributed by atoms with Crippen molar-refractivity contribution < 1.29 is 14.3 Å². The third kappa shape index (κ3) is 4.93. The van der Waals surface area contributed by atoms with Crippen molar-refractivity contribution in [2.75, 3.05) is 25.5 Å². The predicted molar refractivity (Wildman–Crippen MR) is 80.0 cm³/mol. The Morgan fingerprint density at radius 3 is 2.81 bits per heavy atom. The monoisotopic (exact) mass is 310 g/mol. The lowest BCUT2D eigenvalue weighted by Gasteiger charge is -2.15. The van der Waals surface area contributed by atoms with Crippen molar-refractivity contribution in [3.8, 4) is 0 Å². The summed E-state index contributed by atoms with van der Waals surface area (Å²) < 4.78 is 5.13. The minimum Gasteiger partial charge on any atom is -0.445 e. The quantitative estimate of drug-likeness (QED) is 0.846. The maximum atomic E-state index is 11.6. The van der Waals surface area contributed by atoms with Gasteiger partial charge in [0.1, 0.15) is 12.5 Å². The number of nitrogens with one attached hydrogen (secondary N) is 1. The van der Waals surface area contributed by atoms with Crippen LogP contribution in [0.3, 0.4) is 0 Å². The van der Waals surface area contributed by atoms with Crippen LogP contribution in [0.4, 0.5) is 4.79 Å². The van der Waals surface area contributed by atoms with E-state index < -0.39 is 6.09 Å². The van der Waals surface area contributed by atoms with Crippen molar-refractivity contribution in [1.29, 1.82) is 0 Å². The van der Waals surface area contributed by atoms with Crippen LogP contribution in [0.2, 0.25) is 0 Å². The molecule has 0 aromatic heterocycles. The number of rotatable bonds is 5. The Morgan fingerprint density at radius 1 is 1.33 bits per heavy atom. The number of ether oxygens (including phenoxy) is 1. The van der Waals surface area contributed by atoms with E-state index in [1.807, 2.05) is 30.3 Å². The summed E-state index contributed by atoms with van der Waals surface area (Å²) in [6, 6.07) is 9.52. The first kappa shape index (κ1) is 15.6. The molecule has 0 radical (unpaired) electrons. The third-order valence-electron chi connectivity index (χ3n) is 3.50. The van der Waals surface area contributed by atoms with E-state index in [2.05, 4.69) is 5.32 Å². The molecular formula is C15H19ClN2O3. The second-order valence-corrected chi connectivity index (χ2v) is 5.34. The second-order valence-electron chi connectivity index (χ2n) is 5.07. The van der Waals surface area contributed by atoms with Crippen LogP contribution in [0.1, 0.15) is 12.0 Å². The molecule has 1 fully saturated rings. The first-order valence-corrected chi connectivity index (χ1v) is 7.50. The smallest absolute Gasteiger partial charge is 0.407 e. The van der Waals surface area contributed by atoms with E-state index in [4.69, 9.17) is 16.3 Å². The van der Waals surface area contributed by atoms with Crippen LogP contribution < -0.4 is 5.32 Å². The first-order valence-electron chi connectivity index (χ1n) is 6.97. The summed E-state index contributed by atoms with van der Waals surface area (Å²) in [6.45, 7) is 2.12. The van der Waals surface area contributed by atoms with Gasteiger partial charge in [-0.2, -0.15) is 0 Å². The van der Waals surface area contributed by atoms with E-state index in [1.165, 1.54) is 0 Å². The third-order valence-corrected chi connectivity index (χ3v) is 3.73. The molecule has 1 atom stereocenters. The number of nitrogens with zero attached hydrogens (tertiary/aromatic N) is 1. The molecule has 1 heterocycles. The van der Waals surface area contributed by atoms with Gasteiger partial charge in [-0.3, -0.25) is 4.79 Å². The van der Waals surface area contributed by atoms with Crippen molar-refractivity contribution in [1.82, 2.24) is 10.2 Å². The molecular weight excluding hydrogens is 292 g/mol. The van der Waals surface area contributed by atoms with Gasteiger partial charge in [-0.15, -0.1) is 11.6 Å². The van der Waals surface area contributed by atoms with Gasteiger partial charge in [0.05, 0.1) is 0 Å². The summed E-state index contributed by atoms with van der Waals surface area (Å²) in [5, 5.41) is 2.74. The molecule has 0 bridgehead atoms. The Hall–Kier alpha value is -1.75. The van der Waals surface area contributed by atoms with E-state index in [9.17, 15) is 9.59 Å². The number of carbonyl (C=O) groups excluding carboxylic acids is 2. The van der Waals surface area contributed by atoms with Crippen LogP contribution in [-0.2, 0) is 16.1 Å². The van der Waals surface area contributed by atoms with Gasteiger partial charge in [-0.05, 0) is 17.9 Å². The number of likely N-dealkylation sites (tertiary alicyclic amines) is 1. The Labute approximate surface area is 129 Å². The normalized spacial score (nSPS) is 17.6. The van der Waals surface area contributed by atoms with E-state index in [0.717, 1.165) is 12.0 Å². The summed E-state index contributed by atoms with van der Waals surface area (Å²) in [7, 11) is 0. The van der Waals surface area contributed by atoms with Gasteiger partial charge in [0, 0.05) is 19.6 Å². The van der Waals surface area contributed by atoms with Crippen LogP contribution in [-0.4, -0.2) is 42.4 Å². The molecule has 0 unspecified atom stereocenters. The van der Waals surface area contributed by atoms with Crippen molar-refractivity contribution in [2.24, 2.45) is 5.92 Å². The minimum absolute atomic E-state index is 0.0132. The summed E-state index contributed by atoms with van der Waals surface area (Å²) in [4.78, 5) is 24.8. The Balaban J connectivity index is 1.65. The van der Waals surface area contributed by atoms with Crippen molar-refractivity contribution in [3.63, 3.8) is 0 Å². The molecule has 1 saturated heterocycles. The molecule has 0 saturated carbocycles. The molecule has 2 rings (SSSR count). The van der Waals surface area contributed by atoms with Crippen LogP contribution in [0.25, 0.3) is 0 Å². The number of hydrogen-bond donors (Lipinski definition) is 1. The van der Waals surface area contributed by atoms with Crippen molar-refractivity contribution in [3.05, 3.63) is 35.9 Å². The highest BCUT2D eigenvalue weighted by atomic mass is 35.5. The Morgan fingerprint density at radius 2 is 2.10 bits per heavy atom. The van der Waals surface area contributed by atoms with E-state index in [1.54, 1.807) is 4.90 Å². The molecule has 1 aromatic carbocycles. The molecule has 21 heavy (non-hydrogen) atoms. The van der Waals surface area contributed by atoms with Gasteiger partial charge >= 0.3 is 6.09 Å². The fourth-order valence-electron chi connectivity index (χ4n) is 2.31. The summed E-state index contributed by atoms with van der Waals surface area (Å²) in [5.74, 6) is 0.228. The van der Waals surface area contributed by atoms with Crippen LogP contribution in [0.5, 0.6) is 0 Å². The molecule has 1 N–H and O–H groups in total. The lowest BCUT2D eigenvalue weighted by atomic mass is 10.1. The van der Waals surface area contributed by atoms with E-state index >= 15 is 0 Å². The number of amides is 2. The number of alkyl halides is 1. The fraction of sp³-hybridized carbons (Fsp3) is 0.467. The number of carbonyl (C=O) groups is 2. The summed E-state index contributed by atoms with van der Waals surface area (Å²) >= 11 is 5.53. The van der Waals surface area contributed by atoms with Crippen LogP contribution in [0, 0.1) is 5.92 Å². The zero-order valence-corrected chi connectivity index (χ0v) is 12.5. The molecule has 114 valence electrons. The Bertz CT molecular complexity index is 481. The highest BCUT2D eigenvalue weighted by Crippen LogP contribution is 2.15. The fourth-order valence-corrected chi connectivity index (χ4v) is 2.48. The Kier molecular flexibility index (Phi) is 5.87. The lowest BCUT2D eigenvalue weighted by molar-refractivity contribution is -0.127. The predicted octanol–water partition coefficient (Wildman–Crippen LogP) is 2.00. The van der Waals surface area contributed by atoms with Gasteiger partial charge in [0.25, 0.3) is 0 Å². The first-order chi connectivity index (χ1) is 10.2. The van der Waals surface area contributed by atoms with Gasteiger partial charge in [-0.25, -0.2) is 4.79 Å². The van der Waals surface area contributed by atoms with E-state index in [0.29, 0.717) is 19.6 Å². The molecule has 5 nitrogen and oxygen atoms in total. The van der Waals surface area contributed by atoms with Crippen LogP contribution in [0.15, 0.2) is 30.3 Å². The highest BCUT2D eigenvalue weighted by molar-refractivity contribution is 6.27. The van der Waals surface area contributed by atoms with Crippen LogP contribution >= 0.6 is 11.6 Å². The minimum atomic E-state index is -0.430. The number of halogens is 1. The molecule has 1 aliphatic heterocycles. The molecule has 0 spiro atoms. The van der Waals surface area contributed by atoms with Gasteiger partial charge in [0.15, 0.2) is 0 Å². The zero-order chi connectivity index (χ0) is 15.1. The SMILES string of the molecule is O=C(NC[C@H]1CCN(C(=O)CCl)C1)OCc1ccccc1. The van der Waals surface area contributed by atoms with Gasteiger partial charge in [0.2, 0.25) is 5.91 Å². The largest absolute Gasteiger partial charge is 0.445 e. The maximum absolute atomic E-state index is 11.6. The summed E-state index contributed by atoms with van der Waals surface area (Å²) in [6.07, 6.45) is 0.447. The standard InChI is InChI=1S/C15H19ClN2O3/c16-8-14(19)18-7-6-13(10-18)9-17-15(20)21-11-12-4-2-1-3-5-12/h1-5,13H,6-11H2,(H,17,20)/t13-/m1/s1. The number of alkyl carbamates (subject to hydrolysis) is 1. The maximum Gasteiger partial charge on any atom is 0.407 e. The topological polar surface area (TPSA) is 58.6 Å². The number of hydrogen-bond acceptors (Lipinski definition) is 3. The summed E-state index contributed by atoms with van der Waals surface area (Å²) in [5.41, 5.74) is 0.951. The van der Waals surface area contributed by atoms with Crippen molar-refractivity contribution >= 4 is 23.6 Å². The molecule has 0 aliphatic carbocycles. The highest BCUT2D eigenvalue weighted by Gasteiger charge is 2.25. The zero-order valence-electron chi connectivity index (χ0n) is 11.8. The second kappa shape index (κ2) is 7.88. The molecule has 2 amide bonds. The van der Waals surface area contributed by atoms with Crippen molar-refractivity contribution in [2.45, 2.75) is 13.0 Å². The number of benzene rings is 1. The lowest BCUT2D eigenvalue weighted by Crippen LogP contribution is -2.33. The molecule has 1 aromatic rings. The van der Waals surface area contributed by atoms with Gasteiger partial charge in [-0.1, -0.05) is 30.3 Å².